The summed E-state index contributed by atoms with van der Waals surface area (Å²) in [5.41, 5.74) is -2.92. The van der Waals surface area contributed by atoms with Crippen LogP contribution >= 0.6 is 0 Å². The highest BCUT2D eigenvalue weighted by atomic mass is 19.4. The van der Waals surface area contributed by atoms with Gasteiger partial charge in [0.05, 0.1) is 0 Å². The molecule has 112 valence electrons. The zero-order valence-corrected chi connectivity index (χ0v) is 8.25. The molecule has 0 unspecified atom stereocenters. The molecule has 0 fully saturated rings. The topological polar surface area (TPSA) is 26.3 Å². The molecular formula is C7H2F10O2. The molecule has 12 heteroatoms. The van der Waals surface area contributed by atoms with Crippen molar-refractivity contribution in [3.8, 4) is 0 Å². The summed E-state index contributed by atoms with van der Waals surface area (Å²) in [6, 6.07) is 0. The van der Waals surface area contributed by atoms with Crippen LogP contribution in [0.25, 0.3) is 0 Å². The van der Waals surface area contributed by atoms with E-state index in [4.69, 9.17) is 0 Å². The van der Waals surface area contributed by atoms with E-state index in [0.29, 0.717) is 0 Å². The van der Waals surface area contributed by atoms with Crippen LogP contribution in [-0.2, 0) is 9.53 Å². The normalized spacial score (nSPS) is 14.8. The van der Waals surface area contributed by atoms with Gasteiger partial charge in [0.15, 0.2) is 5.57 Å². The largest absolute Gasteiger partial charge is 0.439 e. The van der Waals surface area contributed by atoms with Crippen LogP contribution in [0.15, 0.2) is 11.9 Å². The van der Waals surface area contributed by atoms with Crippen molar-refractivity contribution in [1.29, 1.82) is 0 Å². The van der Waals surface area contributed by atoms with Crippen LogP contribution in [0, 0.1) is 0 Å². The van der Waals surface area contributed by atoms with Gasteiger partial charge in [0.1, 0.15) is 6.33 Å². The maximum Gasteiger partial charge on any atom is 0.434 e. The van der Waals surface area contributed by atoms with E-state index in [1.165, 1.54) is 0 Å². The van der Waals surface area contributed by atoms with Gasteiger partial charge in [-0.15, -0.1) is 0 Å². The van der Waals surface area contributed by atoms with E-state index < -0.39 is 42.5 Å². The van der Waals surface area contributed by atoms with E-state index in [2.05, 4.69) is 4.74 Å². The minimum atomic E-state index is -6.19. The van der Waals surface area contributed by atoms with E-state index in [-0.39, 0.29) is 0 Å². The van der Waals surface area contributed by atoms with Crippen LogP contribution in [0.1, 0.15) is 0 Å². The Labute approximate surface area is 97.2 Å². The zero-order valence-electron chi connectivity index (χ0n) is 8.25. The van der Waals surface area contributed by atoms with E-state index in [0.717, 1.165) is 0 Å². The first-order valence-corrected chi connectivity index (χ1v) is 3.93. The molecule has 0 bridgehead atoms. The molecule has 0 aliphatic heterocycles. The fourth-order valence-corrected chi connectivity index (χ4v) is 0.712. The highest BCUT2D eigenvalue weighted by Crippen LogP contribution is 2.37. The molecule has 0 radical (unpaired) electrons. The Bertz CT molecular complexity index is 346. The molecular weight excluding hydrogens is 306 g/mol. The van der Waals surface area contributed by atoms with Crippen LogP contribution in [-0.4, -0.2) is 30.6 Å². The lowest BCUT2D eigenvalue weighted by molar-refractivity contribution is -0.313. The highest BCUT2D eigenvalue weighted by molar-refractivity contribution is 5.89. The fourth-order valence-electron chi connectivity index (χ4n) is 0.712. The molecule has 2 nitrogen and oxygen atoms in total. The third-order valence-electron chi connectivity index (χ3n) is 1.45. The Morgan fingerprint density at radius 2 is 1.26 bits per heavy atom. The van der Waals surface area contributed by atoms with Gasteiger partial charge in [-0.1, -0.05) is 0 Å². The number of halogens is 10. The summed E-state index contributed by atoms with van der Waals surface area (Å²) >= 11 is 0. The smallest absolute Gasteiger partial charge is 0.434 e. The van der Waals surface area contributed by atoms with E-state index >= 15 is 0 Å². The second-order valence-corrected chi connectivity index (χ2v) is 2.89. The second-order valence-electron chi connectivity index (χ2n) is 2.89. The molecule has 0 saturated heterocycles. The SMILES string of the molecule is O=C(OC(C(F)(F)F)C(F)(F)F)C(=CF)C(F)(F)F. The van der Waals surface area contributed by atoms with Gasteiger partial charge in [0.2, 0.25) is 0 Å². The lowest BCUT2D eigenvalue weighted by atomic mass is 10.3. The molecule has 0 aliphatic carbocycles. The number of carbonyl (C=O) groups is 1. The fraction of sp³-hybridized carbons (Fsp3) is 0.571. The number of esters is 1. The van der Waals surface area contributed by atoms with Crippen molar-refractivity contribution in [2.24, 2.45) is 0 Å². The van der Waals surface area contributed by atoms with Gasteiger partial charge in [0, 0.05) is 0 Å². The molecule has 19 heavy (non-hydrogen) atoms. The van der Waals surface area contributed by atoms with Crippen molar-refractivity contribution in [2.75, 3.05) is 0 Å². The first-order chi connectivity index (χ1) is 8.21. The summed E-state index contributed by atoms with van der Waals surface area (Å²) in [7, 11) is 0. The molecule has 0 aromatic carbocycles. The third kappa shape index (κ3) is 4.95. The second kappa shape index (κ2) is 5.25. The molecule has 0 amide bonds. The number of hydrogen-bond donors (Lipinski definition) is 0. The van der Waals surface area contributed by atoms with Gasteiger partial charge >= 0.3 is 24.5 Å². The highest BCUT2D eigenvalue weighted by Gasteiger charge is 2.60. The van der Waals surface area contributed by atoms with Crippen molar-refractivity contribution in [3.05, 3.63) is 11.9 Å². The maximum atomic E-state index is 11.8. The minimum absolute atomic E-state index is 1.49. The molecule has 0 rings (SSSR count). The first kappa shape index (κ1) is 17.5. The molecule has 0 spiro atoms. The summed E-state index contributed by atoms with van der Waals surface area (Å²) in [5.74, 6) is -3.13. The molecule has 0 atom stereocenters. The zero-order chi connectivity index (χ0) is 15.6. The summed E-state index contributed by atoms with van der Waals surface area (Å²) in [4.78, 5) is 10.5. The van der Waals surface area contributed by atoms with Crippen molar-refractivity contribution >= 4 is 5.97 Å². The lowest BCUT2D eigenvalue weighted by Crippen LogP contribution is -2.46. The van der Waals surface area contributed by atoms with Crippen molar-refractivity contribution < 1.29 is 53.4 Å². The third-order valence-corrected chi connectivity index (χ3v) is 1.45. The van der Waals surface area contributed by atoms with Gasteiger partial charge in [-0.3, -0.25) is 0 Å². The van der Waals surface area contributed by atoms with Crippen molar-refractivity contribution in [1.82, 2.24) is 0 Å². The number of carbonyl (C=O) groups excluding carboxylic acids is 1. The van der Waals surface area contributed by atoms with Crippen LogP contribution in [0.5, 0.6) is 0 Å². The Hall–Kier alpha value is -1.49. The minimum Gasteiger partial charge on any atom is -0.439 e. The van der Waals surface area contributed by atoms with Gasteiger partial charge in [-0.05, 0) is 0 Å². The molecule has 0 saturated carbocycles. The monoisotopic (exact) mass is 308 g/mol. The summed E-state index contributed by atoms with van der Waals surface area (Å²) < 4.78 is 121. The molecule has 0 heterocycles. The molecule has 0 aromatic rings. The Morgan fingerprint density at radius 1 is 0.895 bits per heavy atom. The average molecular weight is 308 g/mol. The van der Waals surface area contributed by atoms with Crippen molar-refractivity contribution in [2.45, 2.75) is 24.6 Å². The van der Waals surface area contributed by atoms with Crippen LogP contribution in [0.3, 0.4) is 0 Å². The van der Waals surface area contributed by atoms with Gasteiger partial charge in [-0.25, -0.2) is 9.18 Å². The maximum absolute atomic E-state index is 11.8. The molecule has 0 aromatic heterocycles. The standard InChI is InChI=1S/C7H2F10O2/c8-1-2(5(9,10)11)3(18)19-4(6(12,13)14)7(15,16)17/h1,4H. The van der Waals surface area contributed by atoms with Crippen molar-refractivity contribution in [3.63, 3.8) is 0 Å². The summed E-state index contributed by atoms with van der Waals surface area (Å²) in [6.07, 6.45) is -24.5. The Kier molecular flexibility index (Phi) is 4.84. The number of ether oxygens (including phenoxy) is 1. The van der Waals surface area contributed by atoms with E-state index in [1.807, 2.05) is 0 Å². The Balaban J connectivity index is 5.26. The number of rotatable bonds is 2. The van der Waals surface area contributed by atoms with E-state index in [9.17, 15) is 48.7 Å². The lowest BCUT2D eigenvalue weighted by Gasteiger charge is -2.23. The predicted octanol–water partition coefficient (Wildman–Crippen LogP) is 3.44. The molecule has 0 N–H and O–H groups in total. The predicted molar refractivity (Wildman–Crippen MR) is 37.2 cm³/mol. The van der Waals surface area contributed by atoms with Crippen LogP contribution < -0.4 is 0 Å². The summed E-state index contributed by atoms with van der Waals surface area (Å²) in [5, 5.41) is 0. The van der Waals surface area contributed by atoms with Gasteiger partial charge < -0.3 is 4.74 Å². The number of hydrogen-bond acceptors (Lipinski definition) is 2. The quantitative estimate of drug-likeness (QED) is 0.444. The Morgan fingerprint density at radius 3 is 1.47 bits per heavy atom. The summed E-state index contributed by atoms with van der Waals surface area (Å²) in [6.45, 7) is 0. The van der Waals surface area contributed by atoms with Gasteiger partial charge in [0.25, 0.3) is 6.10 Å². The first-order valence-electron chi connectivity index (χ1n) is 3.93. The van der Waals surface area contributed by atoms with Crippen LogP contribution in [0.2, 0.25) is 0 Å². The van der Waals surface area contributed by atoms with E-state index in [1.54, 1.807) is 0 Å². The molecule has 0 aliphatic rings. The van der Waals surface area contributed by atoms with Crippen LogP contribution in [0.4, 0.5) is 43.9 Å². The van der Waals surface area contributed by atoms with Gasteiger partial charge in [-0.2, -0.15) is 39.5 Å². The number of alkyl halides is 9. The average Bonchev–Trinajstić information content (AvgIpc) is 2.09.